The van der Waals surface area contributed by atoms with Crippen LogP contribution in [0.4, 0.5) is 0 Å². The molecule has 1 N–H and O–H groups in total. The van der Waals surface area contributed by atoms with Crippen molar-refractivity contribution in [2.45, 2.75) is 120 Å². The molecule has 0 aromatic heterocycles. The lowest BCUT2D eigenvalue weighted by molar-refractivity contribution is -0.137. The largest absolute Gasteiger partial charge is 0.481 e. The molecule has 2 saturated heterocycles. The summed E-state index contributed by atoms with van der Waals surface area (Å²) in [5, 5.41) is 13.3. The number of nitrogens with zero attached hydrogens (tertiary/aromatic N) is 4. The third-order valence-electron chi connectivity index (χ3n) is 10.3. The van der Waals surface area contributed by atoms with Crippen LogP contribution in [0.15, 0.2) is 34.5 Å². The number of piperidine rings is 2. The van der Waals surface area contributed by atoms with E-state index < -0.39 is 5.97 Å². The molecule has 6 unspecified atom stereocenters. The van der Waals surface area contributed by atoms with Crippen molar-refractivity contribution in [1.82, 2.24) is 9.80 Å². The number of hydrogen-bond acceptors (Lipinski definition) is 6. The number of amides is 1. The van der Waals surface area contributed by atoms with Crippen molar-refractivity contribution < 1.29 is 19.5 Å². The van der Waals surface area contributed by atoms with Crippen molar-refractivity contribution >= 4 is 23.3 Å². The molecule has 3 aliphatic heterocycles. The minimum absolute atomic E-state index is 0.109. The van der Waals surface area contributed by atoms with Crippen LogP contribution >= 0.6 is 0 Å². The Morgan fingerprint density at radius 1 is 0.974 bits per heavy atom. The fourth-order valence-electron chi connectivity index (χ4n) is 9.18. The number of carboxylic acid groups (broad SMARTS) is 1. The van der Waals surface area contributed by atoms with Crippen LogP contribution in [0, 0.1) is 17.8 Å². The van der Waals surface area contributed by atoms with Crippen LogP contribution in [0.3, 0.4) is 0 Å². The van der Waals surface area contributed by atoms with Gasteiger partial charge in [-0.15, -0.1) is 0 Å². The summed E-state index contributed by atoms with van der Waals surface area (Å²) in [5.41, 5.74) is 0.595. The Labute approximate surface area is 232 Å². The first-order chi connectivity index (χ1) is 18.9. The molecule has 3 heterocycles. The zero-order chi connectivity index (χ0) is 27.1. The van der Waals surface area contributed by atoms with E-state index in [1.165, 1.54) is 58.5 Å². The van der Waals surface area contributed by atoms with Gasteiger partial charge < -0.3 is 14.8 Å². The second kappa shape index (κ2) is 11.2. The zero-order valence-electron chi connectivity index (χ0n) is 23.5. The molecule has 6 rings (SSSR count). The third-order valence-corrected chi connectivity index (χ3v) is 10.3. The van der Waals surface area contributed by atoms with Crippen molar-refractivity contribution in [3.8, 4) is 0 Å². The van der Waals surface area contributed by atoms with Crippen LogP contribution in [0.25, 0.3) is 0 Å². The molecule has 3 aliphatic carbocycles. The first-order valence-corrected chi connectivity index (χ1v) is 15.3. The molecule has 4 bridgehead atoms. The Bertz CT molecular complexity index is 1050. The summed E-state index contributed by atoms with van der Waals surface area (Å²) in [4.78, 5) is 40.3. The summed E-state index contributed by atoms with van der Waals surface area (Å²) in [5.74, 6) is 1.60. The summed E-state index contributed by atoms with van der Waals surface area (Å²) < 4.78 is 0. The van der Waals surface area contributed by atoms with E-state index in [0.29, 0.717) is 23.8 Å². The Morgan fingerprint density at radius 3 is 2.33 bits per heavy atom. The number of hydrogen-bond donors (Lipinski definition) is 1. The SMILES string of the molecule is CO/N=C(\CCC(=O)O)C1=NC2C=CC=CC2N(C2CC3CCCC(C2)N3C2CC3CC(C)CC(C3)C2)C1=O. The maximum atomic E-state index is 14.1. The van der Waals surface area contributed by atoms with Crippen LogP contribution in [-0.2, 0) is 14.4 Å². The highest BCUT2D eigenvalue weighted by Gasteiger charge is 2.49. The number of fused-ring (bicyclic) bond motifs is 5. The number of carbonyl (C=O) groups excluding carboxylic acids is 1. The molecule has 8 heteroatoms. The van der Waals surface area contributed by atoms with Crippen LogP contribution < -0.4 is 0 Å². The highest BCUT2D eigenvalue weighted by Crippen LogP contribution is 2.48. The van der Waals surface area contributed by atoms with Crippen LogP contribution in [0.2, 0.25) is 0 Å². The number of allylic oxidation sites excluding steroid dienone is 2. The van der Waals surface area contributed by atoms with Crippen molar-refractivity contribution in [2.75, 3.05) is 7.11 Å². The molecule has 0 radical (unpaired) electrons. The average molecular weight is 537 g/mol. The number of oxime groups is 1. The van der Waals surface area contributed by atoms with E-state index in [0.717, 1.165) is 30.6 Å². The lowest BCUT2D eigenvalue weighted by Gasteiger charge is -2.57. The van der Waals surface area contributed by atoms with Gasteiger partial charge in [-0.1, -0.05) is 42.8 Å². The lowest BCUT2D eigenvalue weighted by atomic mass is 9.65. The molecule has 8 nitrogen and oxygen atoms in total. The normalized spacial score (nSPS) is 40.2. The van der Waals surface area contributed by atoms with E-state index in [1.807, 2.05) is 18.2 Å². The molecule has 6 aliphatic rings. The van der Waals surface area contributed by atoms with Crippen molar-refractivity contribution in [2.24, 2.45) is 27.9 Å². The maximum Gasteiger partial charge on any atom is 0.303 e. The minimum atomic E-state index is -0.931. The molecular weight excluding hydrogens is 492 g/mol. The van der Waals surface area contributed by atoms with Gasteiger partial charge in [0.25, 0.3) is 5.91 Å². The van der Waals surface area contributed by atoms with Gasteiger partial charge in [0, 0.05) is 30.6 Å². The fraction of sp³-hybridized carbons (Fsp3) is 0.742. The van der Waals surface area contributed by atoms with Gasteiger partial charge in [-0.05, 0) is 75.5 Å². The summed E-state index contributed by atoms with van der Waals surface area (Å²) >= 11 is 0. The summed E-state index contributed by atoms with van der Waals surface area (Å²) in [7, 11) is 1.43. The molecule has 0 aromatic rings. The topological polar surface area (TPSA) is 94.8 Å². The highest BCUT2D eigenvalue weighted by atomic mass is 16.6. The van der Waals surface area contributed by atoms with E-state index in [9.17, 15) is 14.7 Å². The summed E-state index contributed by atoms with van der Waals surface area (Å²) in [6.45, 7) is 2.44. The van der Waals surface area contributed by atoms with Crippen LogP contribution in [0.5, 0.6) is 0 Å². The second-order valence-corrected chi connectivity index (χ2v) is 13.0. The molecule has 1 amide bonds. The predicted octanol–water partition coefficient (Wildman–Crippen LogP) is 4.60. The molecule has 4 fully saturated rings. The summed E-state index contributed by atoms with van der Waals surface area (Å²) in [6.07, 6.45) is 20.8. The van der Waals surface area contributed by atoms with E-state index in [4.69, 9.17) is 9.83 Å². The Hall–Kier alpha value is -2.48. The van der Waals surface area contributed by atoms with Gasteiger partial charge in [-0.3, -0.25) is 19.5 Å². The number of aliphatic imine (C=N–C) groups is 1. The first kappa shape index (κ1) is 26.7. The fourth-order valence-corrected chi connectivity index (χ4v) is 9.18. The molecular formula is C31H44N4O4. The molecule has 2 saturated carbocycles. The quantitative estimate of drug-likeness (QED) is 0.379. The lowest BCUT2D eigenvalue weighted by Crippen LogP contribution is -2.65. The molecule has 0 aromatic carbocycles. The summed E-state index contributed by atoms with van der Waals surface area (Å²) in [6, 6.07) is 1.60. The molecule has 6 atom stereocenters. The third kappa shape index (κ3) is 5.33. The van der Waals surface area contributed by atoms with Crippen molar-refractivity contribution in [3.05, 3.63) is 24.3 Å². The van der Waals surface area contributed by atoms with Gasteiger partial charge >= 0.3 is 5.97 Å². The molecule has 0 spiro atoms. The maximum absolute atomic E-state index is 14.1. The monoisotopic (exact) mass is 536 g/mol. The van der Waals surface area contributed by atoms with Gasteiger partial charge in [0.05, 0.1) is 18.5 Å². The second-order valence-electron chi connectivity index (χ2n) is 13.0. The van der Waals surface area contributed by atoms with Crippen molar-refractivity contribution in [1.29, 1.82) is 0 Å². The smallest absolute Gasteiger partial charge is 0.303 e. The van der Waals surface area contributed by atoms with E-state index in [2.05, 4.69) is 28.0 Å². The Kier molecular flexibility index (Phi) is 7.66. The van der Waals surface area contributed by atoms with Gasteiger partial charge in [-0.2, -0.15) is 0 Å². The highest BCUT2D eigenvalue weighted by molar-refractivity contribution is 6.67. The van der Waals surface area contributed by atoms with E-state index in [-0.39, 0.29) is 42.6 Å². The first-order valence-electron chi connectivity index (χ1n) is 15.3. The number of carbonyl (C=O) groups is 2. The van der Waals surface area contributed by atoms with Gasteiger partial charge in [0.1, 0.15) is 18.5 Å². The van der Waals surface area contributed by atoms with Gasteiger partial charge in [0.15, 0.2) is 0 Å². The minimum Gasteiger partial charge on any atom is -0.481 e. The Morgan fingerprint density at radius 2 is 1.67 bits per heavy atom. The Balaban J connectivity index is 1.24. The number of carboxylic acids is 1. The number of aliphatic carboxylic acids is 1. The van der Waals surface area contributed by atoms with Crippen LogP contribution in [-0.4, -0.2) is 81.6 Å². The number of rotatable bonds is 7. The molecule has 212 valence electrons. The average Bonchev–Trinajstić information content (AvgIpc) is 2.89. The van der Waals surface area contributed by atoms with Crippen molar-refractivity contribution in [3.63, 3.8) is 0 Å². The zero-order valence-corrected chi connectivity index (χ0v) is 23.5. The predicted molar refractivity (Wildman–Crippen MR) is 151 cm³/mol. The van der Waals surface area contributed by atoms with E-state index in [1.54, 1.807) is 0 Å². The van der Waals surface area contributed by atoms with E-state index >= 15 is 0 Å². The molecule has 39 heavy (non-hydrogen) atoms. The van der Waals surface area contributed by atoms with Gasteiger partial charge in [-0.25, -0.2) is 0 Å². The standard InChI is InChI=1S/C31H44N4O4/c1-19-12-20-14-21(13-19)16-24(15-20)34-22-6-5-7-23(34)18-25(17-22)35-28-9-4-3-8-26(28)32-30(31(35)38)27(33-39-2)10-11-29(36)37/h3-4,8-9,19-26,28H,5-7,10-18H2,1-2H3,(H,36,37)/b33-27+. The van der Waals surface area contributed by atoms with Gasteiger partial charge in [0.2, 0.25) is 0 Å². The van der Waals surface area contributed by atoms with Crippen LogP contribution in [0.1, 0.15) is 84.0 Å².